The van der Waals surface area contributed by atoms with E-state index in [1.54, 1.807) is 18.5 Å². The van der Waals surface area contributed by atoms with Crippen molar-refractivity contribution in [3.05, 3.63) is 72.4 Å². The lowest BCUT2D eigenvalue weighted by molar-refractivity contribution is 0.657. The molecule has 5 heterocycles. The van der Waals surface area contributed by atoms with Crippen LogP contribution in [0.2, 0.25) is 0 Å². The molecule has 0 radical (unpaired) electrons. The minimum Gasteiger partial charge on any atom is -0.376 e. The van der Waals surface area contributed by atoms with Gasteiger partial charge in [-0.3, -0.25) is 15.1 Å². The second-order valence-corrected chi connectivity index (χ2v) is 9.13. The maximum atomic E-state index is 13.6. The molecule has 0 aliphatic heterocycles. The molecule has 2 N–H and O–H groups in total. The molecule has 162 valence electrons. The van der Waals surface area contributed by atoms with E-state index in [1.165, 1.54) is 6.07 Å². The number of halogens is 1. The van der Waals surface area contributed by atoms with Crippen LogP contribution in [0.3, 0.4) is 0 Å². The monoisotopic (exact) mass is 454 g/mol. The summed E-state index contributed by atoms with van der Waals surface area (Å²) in [6, 6.07) is 13.7. The SMILES string of the molecule is CN(C)c1cncc(-c2ccc3[nH]nc(-c4cc5c(-c6ccc(F)s6)cncc5[nH]4)c3c2)c1. The topological polar surface area (TPSA) is 73.5 Å². The van der Waals surface area contributed by atoms with Crippen LogP contribution in [0.1, 0.15) is 0 Å². The molecule has 0 amide bonds. The van der Waals surface area contributed by atoms with Gasteiger partial charge in [0, 0.05) is 53.3 Å². The Bertz CT molecular complexity index is 1630. The van der Waals surface area contributed by atoms with Gasteiger partial charge < -0.3 is 9.88 Å². The van der Waals surface area contributed by atoms with Gasteiger partial charge in [-0.15, -0.1) is 11.3 Å². The van der Waals surface area contributed by atoms with Crippen molar-refractivity contribution in [3.8, 4) is 33.0 Å². The Morgan fingerprint density at radius 3 is 2.55 bits per heavy atom. The van der Waals surface area contributed by atoms with Crippen LogP contribution >= 0.6 is 11.3 Å². The molecule has 6 nitrogen and oxygen atoms in total. The summed E-state index contributed by atoms with van der Waals surface area (Å²) in [5.74, 6) is 0. The van der Waals surface area contributed by atoms with Gasteiger partial charge in [-0.2, -0.15) is 9.49 Å². The molecule has 0 atom stereocenters. The summed E-state index contributed by atoms with van der Waals surface area (Å²) in [5, 5.41) is 9.50. The van der Waals surface area contributed by atoms with E-state index in [9.17, 15) is 4.39 Å². The van der Waals surface area contributed by atoms with E-state index in [0.29, 0.717) is 0 Å². The first-order valence-corrected chi connectivity index (χ1v) is 11.2. The van der Waals surface area contributed by atoms with Crippen LogP contribution in [0.4, 0.5) is 10.1 Å². The van der Waals surface area contributed by atoms with Crippen LogP contribution in [-0.4, -0.2) is 39.2 Å². The number of thiophene rings is 1. The van der Waals surface area contributed by atoms with Gasteiger partial charge in [0.05, 0.1) is 34.8 Å². The molecule has 0 aliphatic carbocycles. The van der Waals surface area contributed by atoms with E-state index < -0.39 is 0 Å². The van der Waals surface area contributed by atoms with Crippen molar-refractivity contribution in [2.75, 3.05) is 19.0 Å². The second kappa shape index (κ2) is 7.53. The first-order chi connectivity index (χ1) is 16.1. The zero-order chi connectivity index (χ0) is 22.5. The van der Waals surface area contributed by atoms with Gasteiger partial charge in [-0.25, -0.2) is 0 Å². The van der Waals surface area contributed by atoms with E-state index in [0.717, 1.165) is 71.8 Å². The average Bonchev–Trinajstić information content (AvgIpc) is 3.55. The van der Waals surface area contributed by atoms with E-state index in [-0.39, 0.29) is 5.13 Å². The molecule has 0 fully saturated rings. The summed E-state index contributed by atoms with van der Waals surface area (Å²) >= 11 is 1.12. The predicted molar refractivity (Wildman–Crippen MR) is 132 cm³/mol. The molecular weight excluding hydrogens is 435 g/mol. The first kappa shape index (κ1) is 19.6. The van der Waals surface area contributed by atoms with Crippen molar-refractivity contribution in [1.82, 2.24) is 25.1 Å². The molecule has 5 aromatic heterocycles. The van der Waals surface area contributed by atoms with Crippen molar-refractivity contribution >= 4 is 38.8 Å². The lowest BCUT2D eigenvalue weighted by atomic mass is 10.0. The molecule has 33 heavy (non-hydrogen) atoms. The number of H-pyrrole nitrogens is 2. The van der Waals surface area contributed by atoms with Crippen LogP contribution in [-0.2, 0) is 0 Å². The third-order valence-electron chi connectivity index (χ3n) is 5.78. The fourth-order valence-corrected chi connectivity index (χ4v) is 4.82. The second-order valence-electron chi connectivity index (χ2n) is 8.09. The number of benzene rings is 1. The van der Waals surface area contributed by atoms with E-state index >= 15 is 0 Å². The van der Waals surface area contributed by atoms with E-state index in [1.807, 2.05) is 37.5 Å². The van der Waals surface area contributed by atoms with Crippen LogP contribution in [0.25, 0.3) is 54.8 Å². The summed E-state index contributed by atoms with van der Waals surface area (Å²) in [6.07, 6.45) is 7.28. The lowest BCUT2D eigenvalue weighted by Gasteiger charge is -2.13. The maximum absolute atomic E-state index is 13.6. The molecule has 0 bridgehead atoms. The molecule has 6 aromatic rings. The highest BCUT2D eigenvalue weighted by molar-refractivity contribution is 7.14. The number of hydrogen-bond donors (Lipinski definition) is 2. The Hall–Kier alpha value is -4.04. The largest absolute Gasteiger partial charge is 0.376 e. The normalized spacial score (nSPS) is 11.5. The highest BCUT2D eigenvalue weighted by atomic mass is 32.1. The maximum Gasteiger partial charge on any atom is 0.176 e. The molecule has 0 saturated carbocycles. The fourth-order valence-electron chi connectivity index (χ4n) is 4.06. The van der Waals surface area contributed by atoms with Crippen molar-refractivity contribution in [2.45, 2.75) is 0 Å². The quantitative estimate of drug-likeness (QED) is 0.337. The Kier molecular flexibility index (Phi) is 4.48. The molecule has 0 unspecified atom stereocenters. The fraction of sp³-hybridized carbons (Fsp3) is 0.0800. The van der Waals surface area contributed by atoms with E-state index in [4.69, 9.17) is 0 Å². The van der Waals surface area contributed by atoms with Crippen LogP contribution in [0.15, 0.2) is 67.3 Å². The zero-order valence-corrected chi connectivity index (χ0v) is 18.7. The van der Waals surface area contributed by atoms with Gasteiger partial charge in [0.1, 0.15) is 5.69 Å². The van der Waals surface area contributed by atoms with Gasteiger partial charge in [0.25, 0.3) is 0 Å². The van der Waals surface area contributed by atoms with Gasteiger partial charge in [0.15, 0.2) is 5.13 Å². The molecule has 0 saturated heterocycles. The highest BCUT2D eigenvalue weighted by Gasteiger charge is 2.15. The summed E-state index contributed by atoms with van der Waals surface area (Å²) in [6.45, 7) is 0. The number of anilines is 1. The van der Waals surface area contributed by atoms with Gasteiger partial charge in [-0.05, 0) is 42.0 Å². The minimum absolute atomic E-state index is 0.212. The number of fused-ring (bicyclic) bond motifs is 2. The third kappa shape index (κ3) is 3.35. The smallest absolute Gasteiger partial charge is 0.176 e. The Morgan fingerprint density at radius 1 is 0.848 bits per heavy atom. The molecular formula is C25H19FN6S. The number of hydrogen-bond acceptors (Lipinski definition) is 5. The molecule has 8 heteroatoms. The molecule has 1 aromatic carbocycles. The van der Waals surface area contributed by atoms with Crippen LogP contribution in [0, 0.1) is 5.13 Å². The number of aromatic nitrogens is 5. The summed E-state index contributed by atoms with van der Waals surface area (Å²) < 4.78 is 13.6. The number of pyridine rings is 2. The summed E-state index contributed by atoms with van der Waals surface area (Å²) in [4.78, 5) is 15.1. The van der Waals surface area contributed by atoms with Crippen molar-refractivity contribution < 1.29 is 4.39 Å². The number of aromatic amines is 2. The van der Waals surface area contributed by atoms with Crippen molar-refractivity contribution in [1.29, 1.82) is 0 Å². The van der Waals surface area contributed by atoms with Crippen LogP contribution < -0.4 is 4.90 Å². The number of nitrogens with one attached hydrogen (secondary N) is 2. The van der Waals surface area contributed by atoms with Crippen LogP contribution in [0.5, 0.6) is 0 Å². The molecule has 0 aliphatic rings. The van der Waals surface area contributed by atoms with E-state index in [2.05, 4.69) is 49.4 Å². The molecule has 6 rings (SSSR count). The highest BCUT2D eigenvalue weighted by Crippen LogP contribution is 2.36. The third-order valence-corrected chi connectivity index (χ3v) is 6.68. The molecule has 0 spiro atoms. The number of rotatable bonds is 4. The standard InChI is InChI=1S/C25H19FN6S/c1-32(2)16-7-15(10-27-11-16)14-3-4-20-18(8-14)25(31-30-20)21-9-17-19(12-28-13-22(17)29-21)23-5-6-24(26)33-23/h3-13,29H,1-2H3,(H,30,31). The predicted octanol–water partition coefficient (Wildman–Crippen LogP) is 6.10. The summed E-state index contributed by atoms with van der Waals surface area (Å²) in [5.41, 5.74) is 7.57. The van der Waals surface area contributed by atoms with Gasteiger partial charge in [0.2, 0.25) is 0 Å². The van der Waals surface area contributed by atoms with Gasteiger partial charge in [-0.1, -0.05) is 6.07 Å². The lowest BCUT2D eigenvalue weighted by Crippen LogP contribution is -2.08. The van der Waals surface area contributed by atoms with Crippen molar-refractivity contribution in [3.63, 3.8) is 0 Å². The first-order valence-electron chi connectivity index (χ1n) is 10.4. The Balaban J connectivity index is 1.48. The summed E-state index contributed by atoms with van der Waals surface area (Å²) in [7, 11) is 4.00. The Morgan fingerprint density at radius 2 is 1.73 bits per heavy atom. The Labute approximate surface area is 192 Å². The van der Waals surface area contributed by atoms with Gasteiger partial charge >= 0.3 is 0 Å². The average molecular weight is 455 g/mol. The van der Waals surface area contributed by atoms with Crippen molar-refractivity contribution in [2.24, 2.45) is 0 Å². The number of nitrogens with zero attached hydrogens (tertiary/aromatic N) is 4. The minimum atomic E-state index is -0.212. The zero-order valence-electron chi connectivity index (χ0n) is 17.9.